The summed E-state index contributed by atoms with van der Waals surface area (Å²) in [5.74, 6) is -0.200. The summed E-state index contributed by atoms with van der Waals surface area (Å²) < 4.78 is 41.4. The van der Waals surface area contributed by atoms with E-state index in [2.05, 4.69) is 14.9 Å². The SMILES string of the molecule is CC(NS(=O)(=O)c1ccc(F)c(N)c1)c1nncn1C. The molecule has 0 fully saturated rings. The van der Waals surface area contributed by atoms with Crippen LogP contribution >= 0.6 is 0 Å². The Hall–Kier alpha value is -2.00. The molecule has 1 heterocycles. The lowest BCUT2D eigenvalue weighted by atomic mass is 10.3. The number of anilines is 1. The third-order valence-corrected chi connectivity index (χ3v) is 4.28. The summed E-state index contributed by atoms with van der Waals surface area (Å²) in [5.41, 5.74) is 5.15. The second-order valence-corrected chi connectivity index (χ2v) is 6.04. The van der Waals surface area contributed by atoms with Gasteiger partial charge in [-0.1, -0.05) is 0 Å². The largest absolute Gasteiger partial charge is 0.396 e. The summed E-state index contributed by atoms with van der Waals surface area (Å²) in [6.07, 6.45) is 1.47. The van der Waals surface area contributed by atoms with Gasteiger partial charge in [0.05, 0.1) is 16.6 Å². The minimum absolute atomic E-state index is 0.106. The number of aromatic nitrogens is 3. The quantitative estimate of drug-likeness (QED) is 0.804. The fourth-order valence-electron chi connectivity index (χ4n) is 1.73. The van der Waals surface area contributed by atoms with Crippen molar-refractivity contribution in [1.29, 1.82) is 0 Å². The van der Waals surface area contributed by atoms with Gasteiger partial charge >= 0.3 is 0 Å². The van der Waals surface area contributed by atoms with E-state index in [9.17, 15) is 12.8 Å². The van der Waals surface area contributed by atoms with Gasteiger partial charge in [-0.15, -0.1) is 10.2 Å². The number of hydrogen-bond donors (Lipinski definition) is 2. The van der Waals surface area contributed by atoms with Crippen LogP contribution in [-0.2, 0) is 17.1 Å². The molecule has 20 heavy (non-hydrogen) atoms. The smallest absolute Gasteiger partial charge is 0.241 e. The molecule has 2 rings (SSSR count). The van der Waals surface area contributed by atoms with E-state index in [1.807, 2.05) is 0 Å². The zero-order valence-electron chi connectivity index (χ0n) is 10.9. The van der Waals surface area contributed by atoms with Gasteiger partial charge in [0, 0.05) is 7.05 Å². The van der Waals surface area contributed by atoms with E-state index >= 15 is 0 Å². The molecule has 0 spiro atoms. The highest BCUT2D eigenvalue weighted by Crippen LogP contribution is 2.19. The van der Waals surface area contributed by atoms with Crippen LogP contribution < -0.4 is 10.5 Å². The Bertz CT molecular complexity index is 728. The second-order valence-electron chi connectivity index (χ2n) is 4.33. The van der Waals surface area contributed by atoms with Gasteiger partial charge in [0.1, 0.15) is 18.0 Å². The number of nitrogen functional groups attached to an aromatic ring is 1. The van der Waals surface area contributed by atoms with Crippen molar-refractivity contribution < 1.29 is 12.8 Å². The molecule has 2 aromatic rings. The number of halogens is 1. The summed E-state index contributed by atoms with van der Waals surface area (Å²) in [4.78, 5) is -0.106. The molecule has 1 atom stereocenters. The van der Waals surface area contributed by atoms with E-state index in [0.717, 1.165) is 18.2 Å². The highest BCUT2D eigenvalue weighted by atomic mass is 32.2. The number of sulfonamides is 1. The predicted molar refractivity (Wildman–Crippen MR) is 70.6 cm³/mol. The third-order valence-electron chi connectivity index (χ3n) is 2.74. The molecule has 0 saturated heterocycles. The summed E-state index contributed by atoms with van der Waals surface area (Å²) in [6, 6.07) is 2.65. The van der Waals surface area contributed by atoms with Gasteiger partial charge in [-0.05, 0) is 25.1 Å². The fraction of sp³-hybridized carbons (Fsp3) is 0.273. The Morgan fingerprint density at radius 2 is 2.15 bits per heavy atom. The van der Waals surface area contributed by atoms with Crippen LogP contribution in [0.2, 0.25) is 0 Å². The summed E-state index contributed by atoms with van der Waals surface area (Å²) in [7, 11) is -2.11. The molecule has 1 aromatic heterocycles. The van der Waals surface area contributed by atoms with Gasteiger partial charge in [-0.25, -0.2) is 17.5 Å². The molecule has 0 aliphatic carbocycles. The van der Waals surface area contributed by atoms with Crippen molar-refractivity contribution in [3.8, 4) is 0 Å². The van der Waals surface area contributed by atoms with Gasteiger partial charge in [-0.2, -0.15) is 0 Å². The van der Waals surface area contributed by atoms with Crippen LogP contribution in [0.5, 0.6) is 0 Å². The summed E-state index contributed by atoms with van der Waals surface area (Å²) >= 11 is 0. The normalized spacial score (nSPS) is 13.3. The molecule has 0 saturated carbocycles. The maximum absolute atomic E-state index is 13.1. The molecule has 3 N–H and O–H groups in total. The van der Waals surface area contributed by atoms with Crippen molar-refractivity contribution in [2.24, 2.45) is 7.05 Å². The monoisotopic (exact) mass is 299 g/mol. The van der Waals surface area contributed by atoms with E-state index in [1.165, 1.54) is 6.33 Å². The topological polar surface area (TPSA) is 103 Å². The molecule has 1 unspecified atom stereocenters. The Morgan fingerprint density at radius 1 is 1.45 bits per heavy atom. The van der Waals surface area contributed by atoms with E-state index in [1.54, 1.807) is 18.5 Å². The van der Waals surface area contributed by atoms with E-state index in [4.69, 9.17) is 5.73 Å². The predicted octanol–water partition coefficient (Wildman–Crippen LogP) is 0.576. The molecule has 0 amide bonds. The van der Waals surface area contributed by atoms with Crippen molar-refractivity contribution in [3.63, 3.8) is 0 Å². The average Bonchev–Trinajstić information content (AvgIpc) is 2.78. The number of hydrogen-bond acceptors (Lipinski definition) is 5. The standard InChI is InChI=1S/C11H14FN5O2S/c1-7(11-15-14-6-17(11)2)16-20(18,19)8-3-4-9(12)10(13)5-8/h3-7,16H,13H2,1-2H3. The number of rotatable bonds is 4. The summed E-state index contributed by atoms with van der Waals surface area (Å²) in [6.45, 7) is 1.63. The van der Waals surface area contributed by atoms with Gasteiger partial charge < -0.3 is 10.3 Å². The molecule has 7 nitrogen and oxygen atoms in total. The van der Waals surface area contributed by atoms with Crippen LogP contribution in [0.15, 0.2) is 29.4 Å². The number of aryl methyl sites for hydroxylation is 1. The van der Waals surface area contributed by atoms with E-state index in [-0.39, 0.29) is 10.6 Å². The maximum atomic E-state index is 13.1. The van der Waals surface area contributed by atoms with Crippen molar-refractivity contribution in [2.45, 2.75) is 17.9 Å². The molecule has 9 heteroatoms. The minimum atomic E-state index is -3.82. The molecule has 1 aromatic carbocycles. The number of nitrogens with zero attached hydrogens (tertiary/aromatic N) is 3. The Labute approximate surface area is 115 Å². The highest BCUT2D eigenvalue weighted by Gasteiger charge is 2.21. The molecule has 0 aliphatic heterocycles. The van der Waals surface area contributed by atoms with Gasteiger partial charge in [0.15, 0.2) is 0 Å². The van der Waals surface area contributed by atoms with Crippen LogP contribution in [0, 0.1) is 5.82 Å². The van der Waals surface area contributed by atoms with Crippen molar-refractivity contribution in [2.75, 3.05) is 5.73 Å². The lowest BCUT2D eigenvalue weighted by Crippen LogP contribution is -2.28. The van der Waals surface area contributed by atoms with Gasteiger partial charge in [0.25, 0.3) is 0 Å². The van der Waals surface area contributed by atoms with Crippen molar-refractivity contribution >= 4 is 15.7 Å². The minimum Gasteiger partial charge on any atom is -0.396 e. The third kappa shape index (κ3) is 2.78. The maximum Gasteiger partial charge on any atom is 0.241 e. The molecule has 0 radical (unpaired) electrons. The first kappa shape index (κ1) is 14.4. The van der Waals surface area contributed by atoms with Gasteiger partial charge in [-0.3, -0.25) is 0 Å². The van der Waals surface area contributed by atoms with Gasteiger partial charge in [0.2, 0.25) is 10.0 Å². The van der Waals surface area contributed by atoms with Crippen molar-refractivity contribution in [1.82, 2.24) is 19.5 Å². The fourth-order valence-corrected chi connectivity index (χ4v) is 2.96. The number of benzene rings is 1. The Morgan fingerprint density at radius 3 is 2.70 bits per heavy atom. The Kier molecular flexibility index (Phi) is 3.73. The first-order valence-electron chi connectivity index (χ1n) is 5.72. The summed E-state index contributed by atoms with van der Waals surface area (Å²) in [5, 5.41) is 7.51. The Balaban J connectivity index is 2.27. The molecular formula is C11H14FN5O2S. The first-order chi connectivity index (χ1) is 9.31. The zero-order valence-corrected chi connectivity index (χ0v) is 11.7. The molecule has 0 aliphatic rings. The molecular weight excluding hydrogens is 285 g/mol. The van der Waals surface area contributed by atoms with Crippen LogP contribution in [-0.4, -0.2) is 23.2 Å². The van der Waals surface area contributed by atoms with Crippen LogP contribution in [0.3, 0.4) is 0 Å². The average molecular weight is 299 g/mol. The van der Waals surface area contributed by atoms with E-state index < -0.39 is 21.9 Å². The zero-order chi connectivity index (χ0) is 14.9. The van der Waals surface area contributed by atoms with Crippen molar-refractivity contribution in [3.05, 3.63) is 36.2 Å². The second kappa shape index (κ2) is 5.17. The van der Waals surface area contributed by atoms with Crippen LogP contribution in [0.4, 0.5) is 10.1 Å². The van der Waals surface area contributed by atoms with E-state index in [0.29, 0.717) is 5.82 Å². The number of nitrogens with one attached hydrogen (secondary N) is 1. The lowest BCUT2D eigenvalue weighted by molar-refractivity contribution is 0.553. The molecule has 0 bridgehead atoms. The van der Waals surface area contributed by atoms with Crippen LogP contribution in [0.1, 0.15) is 18.8 Å². The van der Waals surface area contributed by atoms with Crippen LogP contribution in [0.25, 0.3) is 0 Å². The first-order valence-corrected chi connectivity index (χ1v) is 7.21. The lowest BCUT2D eigenvalue weighted by Gasteiger charge is -2.13. The number of nitrogens with two attached hydrogens (primary N) is 1. The highest BCUT2D eigenvalue weighted by molar-refractivity contribution is 7.89. The molecule has 108 valence electrons.